The van der Waals surface area contributed by atoms with Crippen molar-refractivity contribution in [2.75, 3.05) is 6.54 Å². The maximum Gasteiger partial charge on any atom is 0.230 e. The van der Waals surface area contributed by atoms with Crippen LogP contribution in [0.25, 0.3) is 11.3 Å². The number of carbonyl (C=O) groups is 1. The topological polar surface area (TPSA) is 42.0 Å². The van der Waals surface area contributed by atoms with Crippen molar-refractivity contribution in [3.05, 3.63) is 76.6 Å². The number of amides is 1. The highest BCUT2D eigenvalue weighted by Gasteiger charge is 2.50. The van der Waals surface area contributed by atoms with E-state index in [0.29, 0.717) is 6.54 Å². The molecule has 3 nitrogen and oxygen atoms in total. The minimum atomic E-state index is -0.292. The maximum absolute atomic E-state index is 12.6. The summed E-state index contributed by atoms with van der Waals surface area (Å²) in [5.74, 6) is 0.151. The molecule has 1 aliphatic rings. The fourth-order valence-electron chi connectivity index (χ4n) is 3.15. The van der Waals surface area contributed by atoms with Crippen molar-refractivity contribution >= 4 is 29.7 Å². The van der Waals surface area contributed by atoms with Crippen LogP contribution in [0.5, 0.6) is 0 Å². The fraction of sp³-hybridized carbons (Fsp3) is 0.238. The van der Waals surface area contributed by atoms with Crippen molar-refractivity contribution in [1.29, 1.82) is 0 Å². The summed E-state index contributed by atoms with van der Waals surface area (Å²) in [5.41, 5.74) is 2.98. The van der Waals surface area contributed by atoms with Crippen LogP contribution in [0.1, 0.15) is 23.4 Å². The molecule has 0 aliphatic heterocycles. The molecule has 0 bridgehead atoms. The Morgan fingerprint density at radius 3 is 2.35 bits per heavy atom. The first kappa shape index (κ1) is 18.6. The van der Waals surface area contributed by atoms with E-state index in [1.807, 2.05) is 36.4 Å². The average molecular weight is 385 g/mol. The van der Waals surface area contributed by atoms with E-state index >= 15 is 0 Å². The quantitative estimate of drug-likeness (QED) is 0.673. The van der Waals surface area contributed by atoms with Gasteiger partial charge in [0.05, 0.1) is 16.1 Å². The zero-order chi connectivity index (χ0) is 17.1. The molecule has 26 heavy (non-hydrogen) atoms. The number of carbonyl (C=O) groups excluding carboxylic acids is 1. The molecule has 134 valence electrons. The van der Waals surface area contributed by atoms with Gasteiger partial charge in [-0.1, -0.05) is 60.7 Å². The van der Waals surface area contributed by atoms with Crippen LogP contribution in [-0.2, 0) is 16.6 Å². The van der Waals surface area contributed by atoms with Gasteiger partial charge in [0.15, 0.2) is 0 Å². The van der Waals surface area contributed by atoms with E-state index in [1.54, 1.807) is 11.3 Å². The largest absolute Gasteiger partial charge is 0.355 e. The minimum Gasteiger partial charge on any atom is -0.355 e. The Morgan fingerprint density at radius 1 is 1.04 bits per heavy atom. The van der Waals surface area contributed by atoms with Gasteiger partial charge in [0.2, 0.25) is 5.91 Å². The summed E-state index contributed by atoms with van der Waals surface area (Å²) in [7, 11) is 0. The number of aromatic nitrogens is 1. The molecule has 4 rings (SSSR count). The number of halogens is 1. The van der Waals surface area contributed by atoms with E-state index in [1.165, 1.54) is 0 Å². The predicted molar refractivity (Wildman–Crippen MR) is 109 cm³/mol. The Hall–Kier alpha value is -2.17. The lowest BCUT2D eigenvalue weighted by Gasteiger charge is -2.15. The lowest BCUT2D eigenvalue weighted by atomic mass is 9.95. The molecule has 0 atom stereocenters. The highest BCUT2D eigenvalue weighted by Crippen LogP contribution is 2.48. The van der Waals surface area contributed by atoms with Crippen LogP contribution in [0.2, 0.25) is 0 Å². The molecule has 0 radical (unpaired) electrons. The maximum atomic E-state index is 12.6. The Balaban J connectivity index is 0.00000196. The van der Waals surface area contributed by atoms with E-state index in [-0.39, 0.29) is 23.7 Å². The second-order valence-corrected chi connectivity index (χ2v) is 7.39. The predicted octanol–water partition coefficient (Wildman–Crippen LogP) is 4.62. The molecular formula is C21H21ClN2OS. The van der Waals surface area contributed by atoms with E-state index < -0.39 is 0 Å². The van der Waals surface area contributed by atoms with Gasteiger partial charge in [0.25, 0.3) is 0 Å². The number of rotatable bonds is 6. The molecule has 2 aromatic carbocycles. The van der Waals surface area contributed by atoms with Gasteiger partial charge in [0, 0.05) is 23.9 Å². The van der Waals surface area contributed by atoms with Crippen molar-refractivity contribution < 1.29 is 4.79 Å². The third kappa shape index (κ3) is 3.81. The highest BCUT2D eigenvalue weighted by molar-refractivity contribution is 7.09. The zero-order valence-electron chi connectivity index (χ0n) is 14.4. The van der Waals surface area contributed by atoms with Crippen molar-refractivity contribution in [2.45, 2.75) is 24.7 Å². The Morgan fingerprint density at radius 2 is 1.69 bits per heavy atom. The van der Waals surface area contributed by atoms with Gasteiger partial charge in [-0.25, -0.2) is 4.98 Å². The number of nitrogens with zero attached hydrogens (tertiary/aromatic N) is 1. The van der Waals surface area contributed by atoms with Gasteiger partial charge in [-0.05, 0) is 18.4 Å². The fourth-order valence-corrected chi connectivity index (χ4v) is 3.96. The molecule has 1 N–H and O–H groups in total. The number of nitrogens with one attached hydrogen (secondary N) is 1. The molecule has 0 saturated heterocycles. The van der Waals surface area contributed by atoms with Gasteiger partial charge in [-0.15, -0.1) is 23.7 Å². The lowest BCUT2D eigenvalue weighted by molar-refractivity contribution is -0.123. The minimum absolute atomic E-state index is 0. The number of hydrogen-bond donors (Lipinski definition) is 1. The Kier molecular flexibility index (Phi) is 5.74. The van der Waals surface area contributed by atoms with Crippen LogP contribution in [0.15, 0.2) is 66.0 Å². The number of thiazole rings is 1. The van der Waals surface area contributed by atoms with Crippen molar-refractivity contribution in [1.82, 2.24) is 10.3 Å². The first-order chi connectivity index (χ1) is 12.3. The van der Waals surface area contributed by atoms with Crippen molar-refractivity contribution in [2.24, 2.45) is 0 Å². The second-order valence-electron chi connectivity index (χ2n) is 6.45. The summed E-state index contributed by atoms with van der Waals surface area (Å²) >= 11 is 1.65. The molecular weight excluding hydrogens is 364 g/mol. The summed E-state index contributed by atoms with van der Waals surface area (Å²) < 4.78 is 0. The lowest BCUT2D eigenvalue weighted by Crippen LogP contribution is -2.35. The van der Waals surface area contributed by atoms with Crippen LogP contribution in [-0.4, -0.2) is 17.4 Å². The molecule has 5 heteroatoms. The summed E-state index contributed by atoms with van der Waals surface area (Å²) in [6.07, 6.45) is 2.66. The summed E-state index contributed by atoms with van der Waals surface area (Å²) in [4.78, 5) is 17.3. The van der Waals surface area contributed by atoms with Gasteiger partial charge >= 0.3 is 0 Å². The van der Waals surface area contributed by atoms with Gasteiger partial charge < -0.3 is 5.32 Å². The molecule has 1 aromatic heterocycles. The van der Waals surface area contributed by atoms with Crippen LogP contribution in [0.3, 0.4) is 0 Å². The standard InChI is InChI=1S/C21H20N2OS.ClH/c24-20(21(12-13-21)17-9-5-2-6-10-17)22-14-11-19-23-18(15-25-19)16-7-3-1-4-8-16;/h1-10,15H,11-14H2,(H,22,24);1H. The third-order valence-electron chi connectivity index (χ3n) is 4.76. The zero-order valence-corrected chi connectivity index (χ0v) is 16.0. The second kappa shape index (κ2) is 8.02. The number of hydrogen-bond acceptors (Lipinski definition) is 3. The van der Waals surface area contributed by atoms with Gasteiger partial charge in [-0.2, -0.15) is 0 Å². The molecule has 0 unspecified atom stereocenters. The smallest absolute Gasteiger partial charge is 0.230 e. The summed E-state index contributed by atoms with van der Waals surface area (Å²) in [5, 5.41) is 6.25. The third-order valence-corrected chi connectivity index (χ3v) is 5.67. The molecule has 0 spiro atoms. The van der Waals surface area contributed by atoms with Gasteiger partial charge in [-0.3, -0.25) is 4.79 Å². The average Bonchev–Trinajstić information content (AvgIpc) is 3.36. The molecule has 1 fully saturated rings. The first-order valence-electron chi connectivity index (χ1n) is 8.62. The molecule has 1 amide bonds. The highest BCUT2D eigenvalue weighted by atomic mass is 35.5. The summed E-state index contributed by atoms with van der Waals surface area (Å²) in [6.45, 7) is 0.634. The van der Waals surface area contributed by atoms with Crippen molar-refractivity contribution in [3.8, 4) is 11.3 Å². The molecule has 1 heterocycles. The molecule has 1 saturated carbocycles. The van der Waals surface area contributed by atoms with E-state index in [9.17, 15) is 4.79 Å². The van der Waals surface area contributed by atoms with Crippen LogP contribution >= 0.6 is 23.7 Å². The Bertz CT molecular complexity index is 860. The SMILES string of the molecule is Cl.O=C(NCCc1nc(-c2ccccc2)cs1)C1(c2ccccc2)CC1. The first-order valence-corrected chi connectivity index (χ1v) is 9.50. The molecule has 1 aliphatic carbocycles. The van der Waals surface area contributed by atoms with E-state index in [0.717, 1.165) is 41.1 Å². The van der Waals surface area contributed by atoms with Crippen LogP contribution < -0.4 is 5.32 Å². The monoisotopic (exact) mass is 384 g/mol. The van der Waals surface area contributed by atoms with Gasteiger partial charge in [0.1, 0.15) is 0 Å². The summed E-state index contributed by atoms with van der Waals surface area (Å²) in [6, 6.07) is 20.3. The van der Waals surface area contributed by atoms with Crippen LogP contribution in [0, 0.1) is 0 Å². The van der Waals surface area contributed by atoms with Crippen LogP contribution in [0.4, 0.5) is 0 Å². The van der Waals surface area contributed by atoms with Crippen molar-refractivity contribution in [3.63, 3.8) is 0 Å². The normalized spacial score (nSPS) is 14.3. The van der Waals surface area contributed by atoms with E-state index in [4.69, 9.17) is 0 Å². The number of benzene rings is 2. The Labute approximate surface area is 163 Å². The molecule has 3 aromatic rings. The van der Waals surface area contributed by atoms with E-state index in [2.05, 4.69) is 39.9 Å².